The molecule has 0 bridgehead atoms. The molecule has 134 valence electrons. The SMILES string of the molecule is O=c1[nH]c(NC2CCCNCC2)nc2cc(OCC3CC3)cc(F)c12. The van der Waals surface area contributed by atoms with Gasteiger partial charge in [-0.15, -0.1) is 0 Å². The number of halogens is 1. The molecule has 1 unspecified atom stereocenters. The molecule has 25 heavy (non-hydrogen) atoms. The van der Waals surface area contributed by atoms with Gasteiger partial charge in [0, 0.05) is 18.2 Å². The zero-order valence-electron chi connectivity index (χ0n) is 14.1. The summed E-state index contributed by atoms with van der Waals surface area (Å²) in [6.07, 6.45) is 5.37. The summed E-state index contributed by atoms with van der Waals surface area (Å²) in [4.78, 5) is 19.4. The van der Waals surface area contributed by atoms with Crippen LogP contribution in [0.3, 0.4) is 0 Å². The third-order valence-electron chi connectivity index (χ3n) is 4.83. The Kier molecular flexibility index (Phi) is 4.57. The minimum Gasteiger partial charge on any atom is -0.493 e. The standard InChI is InChI=1S/C18H23FN4O2/c19-14-8-13(25-10-11-3-4-11)9-15-16(14)17(24)23-18(22-15)21-12-2-1-6-20-7-5-12/h8-9,11-12,20H,1-7,10H2,(H2,21,22,23,24). The molecule has 0 spiro atoms. The van der Waals surface area contributed by atoms with Crippen molar-refractivity contribution in [3.63, 3.8) is 0 Å². The molecule has 2 heterocycles. The van der Waals surface area contributed by atoms with Crippen molar-refractivity contribution in [3.05, 3.63) is 28.3 Å². The monoisotopic (exact) mass is 346 g/mol. The van der Waals surface area contributed by atoms with Crippen molar-refractivity contribution >= 4 is 16.9 Å². The van der Waals surface area contributed by atoms with E-state index in [0.29, 0.717) is 29.7 Å². The van der Waals surface area contributed by atoms with Crippen LogP contribution >= 0.6 is 0 Å². The Balaban J connectivity index is 1.60. The first-order valence-corrected chi connectivity index (χ1v) is 9.02. The molecule has 2 aliphatic rings. The Morgan fingerprint density at radius 1 is 1.24 bits per heavy atom. The van der Waals surface area contributed by atoms with E-state index in [2.05, 4.69) is 20.6 Å². The number of benzene rings is 1. The second kappa shape index (κ2) is 7.00. The van der Waals surface area contributed by atoms with E-state index in [4.69, 9.17) is 4.74 Å². The summed E-state index contributed by atoms with van der Waals surface area (Å²) in [5.74, 6) is 0.803. The van der Waals surface area contributed by atoms with Crippen LogP contribution in [0.5, 0.6) is 5.75 Å². The van der Waals surface area contributed by atoms with E-state index >= 15 is 0 Å². The van der Waals surface area contributed by atoms with E-state index in [-0.39, 0.29) is 11.4 Å². The van der Waals surface area contributed by atoms with Crippen molar-refractivity contribution in [1.82, 2.24) is 15.3 Å². The summed E-state index contributed by atoms with van der Waals surface area (Å²) < 4.78 is 20.0. The lowest BCUT2D eigenvalue weighted by molar-refractivity contribution is 0.299. The summed E-state index contributed by atoms with van der Waals surface area (Å²) in [6.45, 7) is 2.53. The molecule has 2 fully saturated rings. The summed E-state index contributed by atoms with van der Waals surface area (Å²) in [5, 5.41) is 6.61. The smallest absolute Gasteiger partial charge is 0.263 e. The van der Waals surface area contributed by atoms with E-state index < -0.39 is 11.4 Å². The van der Waals surface area contributed by atoms with Crippen LogP contribution < -0.4 is 20.9 Å². The van der Waals surface area contributed by atoms with E-state index in [0.717, 1.165) is 45.2 Å². The van der Waals surface area contributed by atoms with Crippen molar-refractivity contribution in [2.24, 2.45) is 5.92 Å². The van der Waals surface area contributed by atoms with Crippen LogP contribution in [0.4, 0.5) is 10.3 Å². The summed E-state index contributed by atoms with van der Waals surface area (Å²) in [7, 11) is 0. The number of ether oxygens (including phenoxy) is 1. The number of anilines is 1. The van der Waals surface area contributed by atoms with Crippen molar-refractivity contribution in [1.29, 1.82) is 0 Å². The second-order valence-corrected chi connectivity index (χ2v) is 6.99. The van der Waals surface area contributed by atoms with E-state index in [1.807, 2.05) is 0 Å². The molecule has 1 aliphatic heterocycles. The zero-order chi connectivity index (χ0) is 17.2. The highest BCUT2D eigenvalue weighted by Gasteiger charge is 2.22. The fraction of sp³-hybridized carbons (Fsp3) is 0.556. The molecule has 1 saturated heterocycles. The Morgan fingerprint density at radius 3 is 2.96 bits per heavy atom. The second-order valence-electron chi connectivity index (χ2n) is 6.99. The summed E-state index contributed by atoms with van der Waals surface area (Å²) in [6, 6.07) is 3.16. The Bertz CT molecular complexity index is 811. The lowest BCUT2D eigenvalue weighted by atomic mass is 10.1. The van der Waals surface area contributed by atoms with Crippen LogP contribution in [0, 0.1) is 11.7 Å². The maximum atomic E-state index is 14.3. The first-order valence-electron chi connectivity index (χ1n) is 9.02. The number of nitrogens with one attached hydrogen (secondary N) is 3. The fourth-order valence-electron chi connectivity index (χ4n) is 3.21. The Labute approximate surface area is 145 Å². The van der Waals surface area contributed by atoms with Gasteiger partial charge in [-0.05, 0) is 51.1 Å². The van der Waals surface area contributed by atoms with E-state index in [9.17, 15) is 9.18 Å². The number of aromatic amines is 1. The Hall–Kier alpha value is -2.15. The molecular weight excluding hydrogens is 323 g/mol. The Morgan fingerprint density at radius 2 is 2.12 bits per heavy atom. The van der Waals surface area contributed by atoms with Crippen molar-refractivity contribution in [2.75, 3.05) is 25.0 Å². The largest absolute Gasteiger partial charge is 0.493 e. The number of hydrogen-bond donors (Lipinski definition) is 3. The first-order chi connectivity index (χ1) is 12.2. The number of aromatic nitrogens is 2. The number of hydrogen-bond acceptors (Lipinski definition) is 5. The number of H-pyrrole nitrogens is 1. The van der Waals surface area contributed by atoms with Crippen LogP contribution in [0.2, 0.25) is 0 Å². The van der Waals surface area contributed by atoms with Crippen LogP contribution in [0.1, 0.15) is 32.1 Å². The predicted octanol–water partition coefficient (Wildman–Crippen LogP) is 2.41. The van der Waals surface area contributed by atoms with Gasteiger partial charge >= 0.3 is 0 Å². The van der Waals surface area contributed by atoms with Gasteiger partial charge in [0.2, 0.25) is 5.95 Å². The molecular formula is C18H23FN4O2. The van der Waals surface area contributed by atoms with Gasteiger partial charge in [0.15, 0.2) is 0 Å². The molecule has 4 rings (SSSR count). The van der Waals surface area contributed by atoms with Crippen molar-refractivity contribution in [2.45, 2.75) is 38.1 Å². The minimum atomic E-state index is -0.595. The maximum absolute atomic E-state index is 14.3. The van der Waals surface area contributed by atoms with Crippen LogP contribution in [-0.4, -0.2) is 35.7 Å². The van der Waals surface area contributed by atoms with Gasteiger partial charge in [0.25, 0.3) is 5.56 Å². The van der Waals surface area contributed by atoms with Gasteiger partial charge < -0.3 is 15.4 Å². The highest BCUT2D eigenvalue weighted by molar-refractivity contribution is 5.80. The molecule has 6 nitrogen and oxygen atoms in total. The van der Waals surface area contributed by atoms with E-state index in [1.54, 1.807) is 6.07 Å². The van der Waals surface area contributed by atoms with Gasteiger partial charge in [-0.3, -0.25) is 9.78 Å². The molecule has 3 N–H and O–H groups in total. The molecule has 2 aromatic rings. The summed E-state index contributed by atoms with van der Waals surface area (Å²) in [5.41, 5.74) is -0.144. The highest BCUT2D eigenvalue weighted by Crippen LogP contribution is 2.30. The first kappa shape index (κ1) is 16.3. The van der Waals surface area contributed by atoms with E-state index in [1.165, 1.54) is 6.07 Å². The number of fused-ring (bicyclic) bond motifs is 1. The topological polar surface area (TPSA) is 79.0 Å². The molecule has 1 aliphatic carbocycles. The fourth-order valence-corrected chi connectivity index (χ4v) is 3.21. The van der Waals surface area contributed by atoms with Gasteiger partial charge in [-0.25, -0.2) is 9.37 Å². The third-order valence-corrected chi connectivity index (χ3v) is 4.83. The molecule has 0 radical (unpaired) electrons. The van der Waals surface area contributed by atoms with Gasteiger partial charge in [-0.2, -0.15) is 0 Å². The molecule has 1 aromatic carbocycles. The molecule has 0 amide bonds. The molecule has 1 atom stereocenters. The van der Waals surface area contributed by atoms with Gasteiger partial charge in [0.1, 0.15) is 17.0 Å². The maximum Gasteiger partial charge on any atom is 0.263 e. The third kappa shape index (κ3) is 3.92. The molecule has 7 heteroatoms. The summed E-state index contributed by atoms with van der Waals surface area (Å²) >= 11 is 0. The normalized spacial score (nSPS) is 21.1. The molecule has 1 saturated carbocycles. The average molecular weight is 346 g/mol. The van der Waals surface area contributed by atoms with Crippen LogP contribution in [-0.2, 0) is 0 Å². The van der Waals surface area contributed by atoms with Crippen molar-refractivity contribution < 1.29 is 9.13 Å². The number of nitrogens with zero attached hydrogens (tertiary/aromatic N) is 1. The van der Waals surface area contributed by atoms with Crippen molar-refractivity contribution in [3.8, 4) is 5.75 Å². The van der Waals surface area contributed by atoms with Crippen LogP contribution in [0.25, 0.3) is 10.9 Å². The number of rotatable bonds is 5. The van der Waals surface area contributed by atoms with Gasteiger partial charge in [0.05, 0.1) is 12.1 Å². The quantitative estimate of drug-likeness (QED) is 0.775. The van der Waals surface area contributed by atoms with Crippen LogP contribution in [0.15, 0.2) is 16.9 Å². The lowest BCUT2D eigenvalue weighted by Crippen LogP contribution is -2.24. The predicted molar refractivity (Wildman–Crippen MR) is 94.7 cm³/mol. The lowest BCUT2D eigenvalue weighted by Gasteiger charge is -2.16. The average Bonchev–Trinajstić information content (AvgIpc) is 3.40. The minimum absolute atomic E-state index is 0.0214. The zero-order valence-corrected chi connectivity index (χ0v) is 14.1. The molecule has 1 aromatic heterocycles. The highest BCUT2D eigenvalue weighted by atomic mass is 19.1. The van der Waals surface area contributed by atoms with Gasteiger partial charge in [-0.1, -0.05) is 0 Å².